The number of ether oxygens (including phenoxy) is 1. The van der Waals surface area contributed by atoms with Gasteiger partial charge in [0.1, 0.15) is 11.8 Å². The van der Waals surface area contributed by atoms with Crippen molar-refractivity contribution in [2.45, 2.75) is 45.1 Å². The number of benzene rings is 2. The number of anilines is 1. The summed E-state index contributed by atoms with van der Waals surface area (Å²) in [5.74, 6) is 0.0897. The molecule has 38 heavy (non-hydrogen) atoms. The third-order valence-corrected chi connectivity index (χ3v) is 7.35. The Morgan fingerprint density at radius 1 is 1.11 bits per heavy atom. The van der Waals surface area contributed by atoms with Gasteiger partial charge in [-0.1, -0.05) is 30.3 Å². The number of urea groups is 1. The van der Waals surface area contributed by atoms with E-state index >= 15 is 0 Å². The Kier molecular flexibility index (Phi) is 9.00. The van der Waals surface area contributed by atoms with Crippen molar-refractivity contribution < 1.29 is 22.7 Å². The highest BCUT2D eigenvalue weighted by atomic mass is 19.4. The third kappa shape index (κ3) is 7.54. The number of nitrogens with one attached hydrogen (secondary N) is 1. The van der Waals surface area contributed by atoms with E-state index in [4.69, 9.17) is 0 Å². The number of halogens is 3. The number of hydrogen-bond donors (Lipinski definition) is 1. The molecule has 1 atom stereocenters. The first kappa shape index (κ1) is 27.6. The summed E-state index contributed by atoms with van der Waals surface area (Å²) in [6.07, 6.45) is -1.63. The Hall–Kier alpha value is -3.45. The summed E-state index contributed by atoms with van der Waals surface area (Å²) in [6.45, 7) is 7.22. The molecule has 0 aliphatic carbocycles. The van der Waals surface area contributed by atoms with Gasteiger partial charge in [0.25, 0.3) is 0 Å². The van der Waals surface area contributed by atoms with Crippen molar-refractivity contribution in [3.8, 4) is 11.8 Å². The van der Waals surface area contributed by atoms with Crippen molar-refractivity contribution in [1.82, 2.24) is 15.1 Å². The summed E-state index contributed by atoms with van der Waals surface area (Å²) in [4.78, 5) is 19.1. The lowest BCUT2D eigenvalue weighted by atomic mass is 9.93. The first-order valence-electron chi connectivity index (χ1n) is 13.1. The first-order valence-corrected chi connectivity index (χ1v) is 13.1. The number of nitrogens with zero attached hydrogens (tertiary/aromatic N) is 4. The van der Waals surface area contributed by atoms with Gasteiger partial charge in [0.2, 0.25) is 0 Å². The minimum Gasteiger partial charge on any atom is -0.404 e. The molecule has 2 saturated heterocycles. The van der Waals surface area contributed by atoms with Crippen molar-refractivity contribution in [2.75, 3.05) is 44.2 Å². The second kappa shape index (κ2) is 12.4. The lowest BCUT2D eigenvalue weighted by Crippen LogP contribution is -2.56. The number of carbonyl (C=O) groups excluding carboxylic acids is 1. The molecule has 4 rings (SSSR count). The number of likely N-dealkylation sites (tertiary alicyclic amines) is 1. The third-order valence-electron chi connectivity index (χ3n) is 7.35. The van der Waals surface area contributed by atoms with Crippen molar-refractivity contribution in [1.29, 1.82) is 5.26 Å². The van der Waals surface area contributed by atoms with Crippen LogP contribution in [0.3, 0.4) is 0 Å². The zero-order chi connectivity index (χ0) is 27.1. The number of piperidine rings is 1. The summed E-state index contributed by atoms with van der Waals surface area (Å²) in [6, 6.07) is 16.2. The van der Waals surface area contributed by atoms with Gasteiger partial charge in [0, 0.05) is 44.5 Å². The van der Waals surface area contributed by atoms with E-state index in [1.54, 1.807) is 11.0 Å². The Morgan fingerprint density at radius 3 is 2.50 bits per heavy atom. The Morgan fingerprint density at radius 2 is 1.84 bits per heavy atom. The number of nitriles is 1. The average molecular weight is 530 g/mol. The lowest BCUT2D eigenvalue weighted by molar-refractivity contribution is -0.274. The summed E-state index contributed by atoms with van der Waals surface area (Å²) < 4.78 is 41.7. The summed E-state index contributed by atoms with van der Waals surface area (Å²) in [5, 5.41) is 12.3. The van der Waals surface area contributed by atoms with Gasteiger partial charge < -0.3 is 19.9 Å². The van der Waals surface area contributed by atoms with E-state index in [-0.39, 0.29) is 17.6 Å². The molecule has 2 aromatic rings. The predicted molar refractivity (Wildman–Crippen MR) is 139 cm³/mol. The van der Waals surface area contributed by atoms with Crippen LogP contribution >= 0.6 is 0 Å². The standard InChI is InChI=1S/C28H34F3N5O2/c1-21-19-35(25-7-8-26(24(17-25)18-32)38-28(29,30)31)15-16-36(21)27(37)33-12-9-22-10-13-34(14-11-22)20-23-5-3-2-4-6-23/h2-8,17,21-22H,9-16,19-20H2,1H3,(H,33,37)/t21-/m0/s1. The monoisotopic (exact) mass is 529 g/mol. The molecule has 0 radical (unpaired) electrons. The number of piperazine rings is 1. The van der Waals surface area contributed by atoms with E-state index in [1.165, 1.54) is 17.7 Å². The second-order valence-corrected chi connectivity index (χ2v) is 10.1. The van der Waals surface area contributed by atoms with Crippen LogP contribution in [0.1, 0.15) is 37.3 Å². The number of alkyl halides is 3. The number of amides is 2. The van der Waals surface area contributed by atoms with Gasteiger partial charge in [0.05, 0.1) is 5.56 Å². The maximum absolute atomic E-state index is 12.8. The highest BCUT2D eigenvalue weighted by Crippen LogP contribution is 2.30. The van der Waals surface area contributed by atoms with Crippen molar-refractivity contribution in [3.05, 3.63) is 59.7 Å². The van der Waals surface area contributed by atoms with Gasteiger partial charge in [0.15, 0.2) is 0 Å². The van der Waals surface area contributed by atoms with Gasteiger partial charge >= 0.3 is 12.4 Å². The van der Waals surface area contributed by atoms with Crippen LogP contribution in [-0.4, -0.2) is 67.5 Å². The van der Waals surface area contributed by atoms with E-state index in [0.717, 1.165) is 45.0 Å². The molecule has 0 saturated carbocycles. The zero-order valence-electron chi connectivity index (χ0n) is 21.6. The first-order chi connectivity index (χ1) is 18.2. The fraction of sp³-hybridized carbons (Fsp3) is 0.500. The van der Waals surface area contributed by atoms with Crippen LogP contribution in [0.15, 0.2) is 48.5 Å². The van der Waals surface area contributed by atoms with Gasteiger partial charge in [-0.25, -0.2) is 4.79 Å². The Balaban J connectivity index is 1.19. The van der Waals surface area contributed by atoms with Gasteiger partial charge in [-0.3, -0.25) is 4.90 Å². The molecule has 7 nitrogen and oxygen atoms in total. The minimum absolute atomic E-state index is 0.0923. The van der Waals surface area contributed by atoms with E-state index in [1.807, 2.05) is 17.9 Å². The number of hydrogen-bond acceptors (Lipinski definition) is 5. The van der Waals surface area contributed by atoms with Gasteiger partial charge in [-0.2, -0.15) is 5.26 Å². The predicted octanol–water partition coefficient (Wildman–Crippen LogP) is 4.98. The van der Waals surface area contributed by atoms with Crippen LogP contribution in [0.5, 0.6) is 5.75 Å². The Bertz CT molecular complexity index is 1110. The van der Waals surface area contributed by atoms with E-state index < -0.39 is 12.1 Å². The quantitative estimate of drug-likeness (QED) is 0.548. The Labute approximate surface area is 221 Å². The number of rotatable bonds is 7. The summed E-state index contributed by atoms with van der Waals surface area (Å²) >= 11 is 0. The smallest absolute Gasteiger partial charge is 0.404 e. The molecule has 1 N–H and O–H groups in total. The molecular formula is C28H34F3N5O2. The van der Waals surface area contributed by atoms with Crippen LogP contribution in [0.4, 0.5) is 23.7 Å². The molecule has 2 aliphatic heterocycles. The number of carbonyl (C=O) groups is 1. The molecule has 2 fully saturated rings. The van der Waals surface area contributed by atoms with Crippen LogP contribution < -0.4 is 15.0 Å². The highest BCUT2D eigenvalue weighted by molar-refractivity contribution is 5.75. The van der Waals surface area contributed by atoms with E-state index in [0.29, 0.717) is 37.8 Å². The highest BCUT2D eigenvalue weighted by Gasteiger charge is 2.33. The molecule has 0 unspecified atom stereocenters. The molecule has 204 valence electrons. The fourth-order valence-electron chi connectivity index (χ4n) is 5.27. The molecule has 0 bridgehead atoms. The van der Waals surface area contributed by atoms with Gasteiger partial charge in [-0.15, -0.1) is 13.2 Å². The molecule has 10 heteroatoms. The maximum atomic E-state index is 12.8. The average Bonchev–Trinajstić information content (AvgIpc) is 2.89. The second-order valence-electron chi connectivity index (χ2n) is 10.1. The topological polar surface area (TPSA) is 71.8 Å². The SMILES string of the molecule is C[C@H]1CN(c2ccc(OC(F)(F)F)c(C#N)c2)CCN1C(=O)NCCC1CCN(Cc2ccccc2)CC1. The molecule has 2 amide bonds. The van der Waals surface area contributed by atoms with Gasteiger partial charge in [-0.05, 0) is 69.0 Å². The van der Waals surface area contributed by atoms with E-state index in [2.05, 4.69) is 39.2 Å². The van der Waals surface area contributed by atoms with Crippen LogP contribution in [0.25, 0.3) is 0 Å². The van der Waals surface area contributed by atoms with Crippen molar-refractivity contribution in [3.63, 3.8) is 0 Å². The van der Waals surface area contributed by atoms with E-state index in [9.17, 15) is 23.2 Å². The zero-order valence-corrected chi connectivity index (χ0v) is 21.6. The minimum atomic E-state index is -4.86. The molecule has 2 heterocycles. The maximum Gasteiger partial charge on any atom is 0.573 e. The molecular weight excluding hydrogens is 495 g/mol. The normalized spacial score (nSPS) is 19.2. The summed E-state index contributed by atoms with van der Waals surface area (Å²) in [7, 11) is 0. The largest absolute Gasteiger partial charge is 0.573 e. The van der Waals surface area contributed by atoms with Crippen molar-refractivity contribution in [2.24, 2.45) is 5.92 Å². The fourth-order valence-corrected chi connectivity index (χ4v) is 5.27. The molecule has 2 aliphatic rings. The van der Waals surface area contributed by atoms with Crippen LogP contribution in [0, 0.1) is 17.2 Å². The van der Waals surface area contributed by atoms with Crippen molar-refractivity contribution >= 4 is 11.7 Å². The summed E-state index contributed by atoms with van der Waals surface area (Å²) in [5.41, 5.74) is 1.78. The van der Waals surface area contributed by atoms with Crippen LogP contribution in [-0.2, 0) is 6.54 Å². The lowest BCUT2D eigenvalue weighted by Gasteiger charge is -2.41. The molecule has 0 aromatic heterocycles. The molecule has 2 aromatic carbocycles. The molecule has 0 spiro atoms. The van der Waals surface area contributed by atoms with Crippen LogP contribution in [0.2, 0.25) is 0 Å².